The molecule has 0 aliphatic carbocycles. The van der Waals surface area contributed by atoms with Crippen molar-refractivity contribution in [2.45, 2.75) is 6.92 Å². The average Bonchev–Trinajstić information content (AvgIpc) is 2.60. The van der Waals surface area contributed by atoms with E-state index in [0.717, 1.165) is 43.4 Å². The first kappa shape index (κ1) is 17.0. The fourth-order valence-corrected chi connectivity index (χ4v) is 2.91. The third-order valence-electron chi connectivity index (χ3n) is 4.21. The normalized spacial score (nSPS) is 14.4. The van der Waals surface area contributed by atoms with Crippen molar-refractivity contribution in [1.29, 1.82) is 5.26 Å². The lowest BCUT2D eigenvalue weighted by molar-refractivity contribution is 0.618. The molecule has 1 aromatic heterocycles. The molecule has 0 atom stereocenters. The van der Waals surface area contributed by atoms with E-state index in [0.29, 0.717) is 11.5 Å². The third-order valence-corrected chi connectivity index (χ3v) is 4.21. The van der Waals surface area contributed by atoms with E-state index in [9.17, 15) is 4.39 Å². The summed E-state index contributed by atoms with van der Waals surface area (Å²) in [7, 11) is 3.85. The molecular formula is C18H21FN6. The molecule has 1 aromatic carbocycles. The van der Waals surface area contributed by atoms with Crippen molar-refractivity contribution in [3.05, 3.63) is 41.3 Å². The number of piperazine rings is 1. The van der Waals surface area contributed by atoms with Crippen LogP contribution in [0.4, 0.5) is 21.8 Å². The van der Waals surface area contributed by atoms with Crippen LogP contribution in [0.2, 0.25) is 0 Å². The summed E-state index contributed by atoms with van der Waals surface area (Å²) in [5, 5.41) is 9.01. The van der Waals surface area contributed by atoms with Crippen LogP contribution in [0, 0.1) is 24.1 Å². The van der Waals surface area contributed by atoms with Crippen molar-refractivity contribution in [3.8, 4) is 6.07 Å². The number of benzene rings is 1. The minimum absolute atomic E-state index is 0.347. The first-order chi connectivity index (χ1) is 12.0. The van der Waals surface area contributed by atoms with E-state index in [1.54, 1.807) is 6.07 Å². The predicted molar refractivity (Wildman–Crippen MR) is 96.6 cm³/mol. The highest BCUT2D eigenvalue weighted by Crippen LogP contribution is 2.23. The Bertz CT molecular complexity index is 806. The maximum atomic E-state index is 13.7. The summed E-state index contributed by atoms with van der Waals surface area (Å²) >= 11 is 0. The largest absolute Gasteiger partial charge is 0.368 e. The Morgan fingerprint density at radius 2 is 1.72 bits per heavy atom. The maximum Gasteiger partial charge on any atom is 0.226 e. The molecule has 0 amide bonds. The van der Waals surface area contributed by atoms with Crippen molar-refractivity contribution in [1.82, 2.24) is 9.97 Å². The number of aromatic nitrogens is 2. The van der Waals surface area contributed by atoms with Gasteiger partial charge in [0.05, 0.1) is 11.6 Å². The first-order valence-electron chi connectivity index (χ1n) is 8.20. The number of aryl methyl sites for hydroxylation is 1. The molecule has 0 N–H and O–H groups in total. The summed E-state index contributed by atoms with van der Waals surface area (Å²) in [6.07, 6.45) is 0. The number of nitriles is 1. The van der Waals surface area contributed by atoms with Crippen LogP contribution in [-0.2, 0) is 0 Å². The molecule has 1 saturated heterocycles. The minimum atomic E-state index is -0.376. The van der Waals surface area contributed by atoms with E-state index < -0.39 is 0 Å². The van der Waals surface area contributed by atoms with Crippen LogP contribution in [0.3, 0.4) is 0 Å². The van der Waals surface area contributed by atoms with Crippen LogP contribution in [0.25, 0.3) is 0 Å². The molecule has 0 unspecified atom stereocenters. The summed E-state index contributed by atoms with van der Waals surface area (Å²) in [6, 6.07) is 8.46. The highest BCUT2D eigenvalue weighted by atomic mass is 19.1. The van der Waals surface area contributed by atoms with Crippen LogP contribution in [0.15, 0.2) is 24.3 Å². The van der Waals surface area contributed by atoms with Crippen molar-refractivity contribution in [3.63, 3.8) is 0 Å². The second-order valence-corrected chi connectivity index (χ2v) is 6.35. The summed E-state index contributed by atoms with van der Waals surface area (Å²) in [5.41, 5.74) is 2.03. The second kappa shape index (κ2) is 6.93. The Labute approximate surface area is 147 Å². The van der Waals surface area contributed by atoms with Gasteiger partial charge in [-0.15, -0.1) is 0 Å². The highest BCUT2D eigenvalue weighted by Gasteiger charge is 2.20. The van der Waals surface area contributed by atoms with Crippen LogP contribution < -0.4 is 14.7 Å². The zero-order valence-corrected chi connectivity index (χ0v) is 14.7. The lowest BCUT2D eigenvalue weighted by atomic mass is 10.1. The van der Waals surface area contributed by atoms with Crippen molar-refractivity contribution < 1.29 is 4.39 Å². The standard InChI is InChI=1S/C18H21FN6/c1-13-8-17(22-18(21-13)23(2)3)25-6-4-24(5-7-25)16-10-14(12-20)9-15(19)11-16/h8-11H,4-7H2,1-3H3. The summed E-state index contributed by atoms with van der Waals surface area (Å²) in [5.74, 6) is 1.23. The van der Waals surface area contributed by atoms with E-state index >= 15 is 0 Å². The molecule has 130 valence electrons. The summed E-state index contributed by atoms with van der Waals surface area (Å²) in [6.45, 7) is 5.01. The SMILES string of the molecule is Cc1cc(N2CCN(c3cc(F)cc(C#N)c3)CC2)nc(N(C)C)n1. The van der Waals surface area contributed by atoms with Gasteiger partial charge in [-0.05, 0) is 25.1 Å². The molecule has 1 aliphatic rings. The fraction of sp³-hybridized carbons (Fsp3) is 0.389. The van der Waals surface area contributed by atoms with Crippen LogP contribution in [0.5, 0.6) is 0 Å². The van der Waals surface area contributed by atoms with Gasteiger partial charge in [0.25, 0.3) is 0 Å². The lowest BCUT2D eigenvalue weighted by Crippen LogP contribution is -2.47. The zero-order chi connectivity index (χ0) is 18.0. The Hall–Kier alpha value is -2.88. The molecule has 1 fully saturated rings. The van der Waals surface area contributed by atoms with Crippen LogP contribution in [-0.4, -0.2) is 50.2 Å². The molecule has 6 nitrogen and oxygen atoms in total. The van der Waals surface area contributed by atoms with Gasteiger partial charge in [-0.1, -0.05) is 0 Å². The minimum Gasteiger partial charge on any atom is -0.368 e. The van der Waals surface area contributed by atoms with Gasteiger partial charge in [-0.3, -0.25) is 0 Å². The van der Waals surface area contributed by atoms with Gasteiger partial charge in [0.2, 0.25) is 5.95 Å². The molecule has 7 heteroatoms. The maximum absolute atomic E-state index is 13.7. The number of rotatable bonds is 3. The van der Waals surface area contributed by atoms with Gasteiger partial charge in [-0.2, -0.15) is 10.2 Å². The number of halogens is 1. The number of anilines is 3. The number of nitrogens with zero attached hydrogens (tertiary/aromatic N) is 6. The summed E-state index contributed by atoms with van der Waals surface area (Å²) < 4.78 is 13.7. The third kappa shape index (κ3) is 3.79. The van der Waals surface area contributed by atoms with Crippen LogP contribution in [0.1, 0.15) is 11.3 Å². The van der Waals surface area contributed by atoms with E-state index in [4.69, 9.17) is 5.26 Å². The molecule has 2 heterocycles. The number of hydrogen-bond acceptors (Lipinski definition) is 6. The Balaban J connectivity index is 1.74. The fourth-order valence-electron chi connectivity index (χ4n) is 2.91. The topological polar surface area (TPSA) is 59.3 Å². The van der Waals surface area contributed by atoms with E-state index in [-0.39, 0.29) is 5.82 Å². The highest BCUT2D eigenvalue weighted by molar-refractivity contribution is 5.54. The molecule has 25 heavy (non-hydrogen) atoms. The Kier molecular flexibility index (Phi) is 4.70. The van der Waals surface area contributed by atoms with Gasteiger partial charge in [-0.25, -0.2) is 9.37 Å². The Morgan fingerprint density at radius 3 is 2.36 bits per heavy atom. The number of hydrogen-bond donors (Lipinski definition) is 0. The first-order valence-corrected chi connectivity index (χ1v) is 8.20. The van der Waals surface area contributed by atoms with Gasteiger partial charge >= 0.3 is 0 Å². The van der Waals surface area contributed by atoms with Gasteiger partial charge in [0, 0.05) is 57.7 Å². The smallest absolute Gasteiger partial charge is 0.226 e. The average molecular weight is 340 g/mol. The van der Waals surface area contributed by atoms with Gasteiger partial charge in [0.15, 0.2) is 0 Å². The molecule has 0 saturated carbocycles. The van der Waals surface area contributed by atoms with Crippen LogP contribution >= 0.6 is 0 Å². The molecule has 0 spiro atoms. The monoisotopic (exact) mass is 340 g/mol. The van der Waals surface area contributed by atoms with E-state index in [1.807, 2.05) is 38.1 Å². The van der Waals surface area contributed by atoms with Crippen molar-refractivity contribution in [2.75, 3.05) is 55.0 Å². The zero-order valence-electron chi connectivity index (χ0n) is 14.7. The van der Waals surface area contributed by atoms with E-state index in [2.05, 4.69) is 19.8 Å². The predicted octanol–water partition coefficient (Wildman–Crippen LogP) is 2.19. The lowest BCUT2D eigenvalue weighted by Gasteiger charge is -2.37. The molecular weight excluding hydrogens is 319 g/mol. The Morgan fingerprint density at radius 1 is 1.04 bits per heavy atom. The second-order valence-electron chi connectivity index (χ2n) is 6.35. The van der Waals surface area contributed by atoms with Gasteiger partial charge in [0.1, 0.15) is 11.6 Å². The molecule has 2 aromatic rings. The summed E-state index contributed by atoms with van der Waals surface area (Å²) in [4.78, 5) is 15.2. The van der Waals surface area contributed by atoms with Gasteiger partial charge < -0.3 is 14.7 Å². The van der Waals surface area contributed by atoms with Crippen molar-refractivity contribution in [2.24, 2.45) is 0 Å². The molecule has 1 aliphatic heterocycles. The molecule has 0 bridgehead atoms. The molecule has 0 radical (unpaired) electrons. The molecule has 3 rings (SSSR count). The van der Waals surface area contributed by atoms with E-state index in [1.165, 1.54) is 12.1 Å². The van der Waals surface area contributed by atoms with Crippen molar-refractivity contribution >= 4 is 17.5 Å². The quantitative estimate of drug-likeness (QED) is 0.854.